The van der Waals surface area contributed by atoms with Gasteiger partial charge in [-0.05, 0) is 63.7 Å². The van der Waals surface area contributed by atoms with E-state index in [0.29, 0.717) is 11.0 Å². The van der Waals surface area contributed by atoms with Crippen molar-refractivity contribution in [2.75, 3.05) is 32.4 Å². The van der Waals surface area contributed by atoms with Crippen molar-refractivity contribution in [3.63, 3.8) is 0 Å². The monoisotopic (exact) mass is 457 g/mol. The van der Waals surface area contributed by atoms with Gasteiger partial charge in [-0.25, -0.2) is 4.39 Å². The van der Waals surface area contributed by atoms with E-state index in [1.165, 1.54) is 19.1 Å². The second-order valence-electron chi connectivity index (χ2n) is 6.83. The molecule has 0 fully saturated rings. The van der Waals surface area contributed by atoms with Crippen LogP contribution >= 0.6 is 0 Å². The highest BCUT2D eigenvalue weighted by molar-refractivity contribution is 5.98. The van der Waals surface area contributed by atoms with Crippen molar-refractivity contribution < 1.29 is 29.0 Å². The van der Waals surface area contributed by atoms with Gasteiger partial charge in [-0.15, -0.1) is 0 Å². The molecule has 0 aliphatic heterocycles. The summed E-state index contributed by atoms with van der Waals surface area (Å²) in [4.78, 5) is 17.6. The molecule has 0 amide bonds. The molecule has 0 aliphatic carbocycles. The zero-order valence-corrected chi connectivity index (χ0v) is 18.1. The lowest BCUT2D eigenvalue weighted by molar-refractivity contribution is -0.114. The molecule has 0 saturated carbocycles. The average molecular weight is 458 g/mol. The summed E-state index contributed by atoms with van der Waals surface area (Å²) >= 11 is 0. The van der Waals surface area contributed by atoms with Crippen molar-refractivity contribution in [1.29, 1.82) is 5.26 Å². The molecule has 7 heteroatoms. The molecule has 0 radical (unpaired) electrons. The van der Waals surface area contributed by atoms with Gasteiger partial charge in [-0.1, -0.05) is 6.08 Å². The van der Waals surface area contributed by atoms with Crippen molar-refractivity contribution in [2.45, 2.75) is 20.3 Å². The van der Waals surface area contributed by atoms with Gasteiger partial charge in [-0.2, -0.15) is 5.26 Å². The van der Waals surface area contributed by atoms with E-state index in [1.54, 1.807) is 0 Å². The van der Waals surface area contributed by atoms with Crippen LogP contribution in [0.4, 0.5) is 15.8 Å². The average Bonchev–Trinajstić information content (AvgIpc) is 2.91. The Balaban J connectivity index is 2.22. The standard InChI is InChI=1S/C26H27FN4O2/c1-5-33-25-14-24-22(13-18(25)12-21(32)7-6-10-31(3)4)26(19(15-28)16-29-24)30-20-8-9-23(27)17(2)11-20/h6-9,11,13-14,16H,5,10,12H2,1-4H3,(H,29,30)/b7-6+/i3D3,5D2,7D,8D,9D,10D2,11D. The number of hydrogen-bond donors (Lipinski definition) is 1. The first-order valence-corrected chi connectivity index (χ1v) is 9.63. The molecule has 0 saturated heterocycles. The van der Waals surface area contributed by atoms with E-state index in [9.17, 15) is 14.4 Å². The van der Waals surface area contributed by atoms with Crippen LogP contribution in [-0.2, 0) is 11.2 Å². The number of carbonyl (C=O) groups is 1. The molecule has 6 nitrogen and oxygen atoms in total. The second-order valence-corrected chi connectivity index (χ2v) is 6.83. The van der Waals surface area contributed by atoms with Gasteiger partial charge in [0.25, 0.3) is 0 Å². The lowest BCUT2D eigenvalue weighted by Gasteiger charge is -2.15. The number of ketones is 1. The number of allylic oxidation sites excluding steroid dienone is 1. The summed E-state index contributed by atoms with van der Waals surface area (Å²) in [6, 6.07) is 1.73. The van der Waals surface area contributed by atoms with E-state index in [2.05, 4.69) is 10.3 Å². The number of fused-ring (bicyclic) bond motifs is 1. The van der Waals surface area contributed by atoms with Crippen LogP contribution in [0.15, 0.2) is 48.6 Å². The maximum atomic E-state index is 14.3. The highest BCUT2D eigenvalue weighted by atomic mass is 19.1. The number of hydrogen-bond acceptors (Lipinski definition) is 6. The fourth-order valence-corrected chi connectivity index (χ4v) is 2.93. The molecule has 0 bridgehead atoms. The predicted octanol–water partition coefficient (Wildman–Crippen LogP) is 4.93. The fraction of sp³-hybridized carbons (Fsp3) is 0.269. The number of pyridine rings is 1. The van der Waals surface area contributed by atoms with Crippen LogP contribution in [0.1, 0.15) is 38.7 Å². The minimum absolute atomic E-state index is 0.0234. The highest BCUT2D eigenvalue weighted by Gasteiger charge is 2.16. The van der Waals surface area contributed by atoms with Crippen LogP contribution in [0.3, 0.4) is 0 Å². The number of ether oxygens (including phenoxy) is 1. The molecule has 33 heavy (non-hydrogen) atoms. The van der Waals surface area contributed by atoms with E-state index in [-0.39, 0.29) is 44.7 Å². The Morgan fingerprint density at radius 1 is 1.52 bits per heavy atom. The van der Waals surface area contributed by atoms with Gasteiger partial charge in [0.2, 0.25) is 0 Å². The summed E-state index contributed by atoms with van der Waals surface area (Å²) in [5.41, 5.74) is -0.522. The number of likely N-dealkylation sites (N-methyl/N-ethyl adjacent to an activating group) is 1. The summed E-state index contributed by atoms with van der Waals surface area (Å²) in [7, 11) is 0.963. The van der Waals surface area contributed by atoms with Crippen LogP contribution in [0, 0.1) is 24.1 Å². The predicted molar refractivity (Wildman–Crippen MR) is 128 cm³/mol. The van der Waals surface area contributed by atoms with Gasteiger partial charge in [0.1, 0.15) is 17.6 Å². The Hall–Kier alpha value is -3.76. The third kappa shape index (κ3) is 5.93. The minimum Gasteiger partial charge on any atom is -0.494 e. The quantitative estimate of drug-likeness (QED) is 0.459. The molecule has 0 spiro atoms. The Labute approximate surface area is 208 Å². The summed E-state index contributed by atoms with van der Waals surface area (Å²) in [6.45, 7) is -5.48. The van der Waals surface area contributed by atoms with Crippen molar-refractivity contribution in [2.24, 2.45) is 0 Å². The van der Waals surface area contributed by atoms with Gasteiger partial charge in [0.15, 0.2) is 5.78 Å². The van der Waals surface area contributed by atoms with Crippen LogP contribution in [0.25, 0.3) is 10.9 Å². The van der Waals surface area contributed by atoms with Gasteiger partial charge in [0.05, 0.1) is 31.6 Å². The molecule has 1 heterocycles. The molecule has 3 aromatic rings. The van der Waals surface area contributed by atoms with Crippen molar-refractivity contribution in [3.8, 4) is 11.8 Å². The number of nitriles is 1. The van der Waals surface area contributed by atoms with Crippen molar-refractivity contribution in [3.05, 3.63) is 71.1 Å². The fourth-order valence-electron chi connectivity index (χ4n) is 2.93. The molecule has 170 valence electrons. The molecule has 2 aromatic carbocycles. The number of nitrogens with one attached hydrogen (secondary N) is 1. The number of aromatic nitrogens is 1. The van der Waals surface area contributed by atoms with Gasteiger partial charge < -0.3 is 15.0 Å². The van der Waals surface area contributed by atoms with E-state index in [1.807, 2.05) is 6.07 Å². The van der Waals surface area contributed by atoms with E-state index in [0.717, 1.165) is 20.2 Å². The first-order chi connectivity index (χ1) is 20.1. The third-order valence-corrected chi connectivity index (χ3v) is 4.41. The van der Waals surface area contributed by atoms with Gasteiger partial charge in [-0.3, -0.25) is 9.78 Å². The lowest BCUT2D eigenvalue weighted by atomic mass is 10.0. The summed E-state index contributed by atoms with van der Waals surface area (Å²) in [5, 5.41) is 12.7. The number of nitrogens with zero attached hydrogens (tertiary/aromatic N) is 3. The summed E-state index contributed by atoms with van der Waals surface area (Å²) < 4.78 is 106. The largest absolute Gasteiger partial charge is 0.494 e. The first kappa shape index (κ1) is 13.1. The van der Waals surface area contributed by atoms with Crippen LogP contribution in [0.2, 0.25) is 0 Å². The number of anilines is 2. The zero-order valence-electron chi connectivity index (χ0n) is 29.1. The van der Waals surface area contributed by atoms with Crippen molar-refractivity contribution in [1.82, 2.24) is 9.88 Å². The Kier molecular flexibility index (Phi) is 4.24. The van der Waals surface area contributed by atoms with E-state index < -0.39 is 62.2 Å². The van der Waals surface area contributed by atoms with E-state index in [4.69, 9.17) is 19.8 Å². The normalized spacial score (nSPS) is 17.6. The number of benzene rings is 2. The van der Waals surface area contributed by atoms with Gasteiger partial charge in [0, 0.05) is 48.7 Å². The summed E-state index contributed by atoms with van der Waals surface area (Å²) in [6.07, 6.45) is 1.03. The molecule has 1 N–H and O–H groups in total. The smallest absolute Gasteiger partial charge is 0.159 e. The Bertz CT molecular complexity index is 1680. The number of rotatable bonds is 9. The maximum Gasteiger partial charge on any atom is 0.159 e. The van der Waals surface area contributed by atoms with Gasteiger partial charge >= 0.3 is 0 Å². The van der Waals surface area contributed by atoms with Crippen molar-refractivity contribution >= 4 is 28.1 Å². The molecular formula is C26H27FN4O2. The molecule has 3 rings (SSSR count). The first-order valence-electron chi connectivity index (χ1n) is 15.1. The Morgan fingerprint density at radius 3 is 3.06 bits per heavy atom. The maximum absolute atomic E-state index is 14.3. The van der Waals surface area contributed by atoms with Crippen LogP contribution < -0.4 is 10.1 Å². The SMILES string of the molecule is [2H]/C(=C\C([2H])([2H])N(C)C([2H])([2H])[2H])C(=O)Cc1cc2c(Nc3c([2H])c([2H])c(F)c(C)c3[2H])c(C#N)cnc2cc1OC([2H])([2H])C. The molecular weight excluding hydrogens is 419 g/mol. The number of halogens is 1. The van der Waals surface area contributed by atoms with Crippen LogP contribution in [0.5, 0.6) is 5.75 Å². The molecule has 0 unspecified atom stereocenters. The topological polar surface area (TPSA) is 78.3 Å². The zero-order chi connectivity index (χ0) is 33.5. The Morgan fingerprint density at radius 2 is 2.33 bits per heavy atom. The minimum atomic E-state index is -2.87. The molecule has 1 aromatic heterocycles. The highest BCUT2D eigenvalue weighted by Crippen LogP contribution is 2.34. The number of carbonyl (C=O) groups excluding carboxylic acids is 1. The lowest BCUT2D eigenvalue weighted by Crippen LogP contribution is -2.11. The van der Waals surface area contributed by atoms with E-state index >= 15 is 0 Å². The molecule has 0 atom stereocenters. The third-order valence-electron chi connectivity index (χ3n) is 4.41. The van der Waals surface area contributed by atoms with Crippen LogP contribution in [-0.4, -0.2) is 42.7 Å². The summed E-state index contributed by atoms with van der Waals surface area (Å²) in [5.74, 6) is -2.20. The second kappa shape index (κ2) is 10.7. The molecule has 0 aliphatic rings.